The van der Waals surface area contributed by atoms with E-state index in [9.17, 15) is 13.2 Å². The minimum absolute atomic E-state index is 0.000339. The van der Waals surface area contributed by atoms with E-state index in [1.807, 2.05) is 0 Å². The number of hydrogen-bond acceptors (Lipinski definition) is 3. The Hall–Kier alpha value is -0.330. The summed E-state index contributed by atoms with van der Waals surface area (Å²) in [6.45, 7) is 1.57. The van der Waals surface area contributed by atoms with Crippen LogP contribution in [0, 0.1) is 5.92 Å². The van der Waals surface area contributed by atoms with Crippen LogP contribution in [-0.2, 0) is 9.47 Å². The summed E-state index contributed by atoms with van der Waals surface area (Å²) < 4.78 is 44.5. The molecule has 0 amide bonds. The molecule has 1 N–H and O–H groups in total. The molecule has 0 aliphatic carbocycles. The minimum atomic E-state index is -4.24. The van der Waals surface area contributed by atoms with Crippen molar-refractivity contribution in [1.82, 2.24) is 5.32 Å². The molecule has 0 radical (unpaired) electrons. The second-order valence-electron chi connectivity index (χ2n) is 3.60. The van der Waals surface area contributed by atoms with Gasteiger partial charge in [-0.2, -0.15) is 13.2 Å². The first-order valence-corrected chi connectivity index (χ1v) is 5.01. The zero-order valence-corrected chi connectivity index (χ0v) is 8.48. The summed E-state index contributed by atoms with van der Waals surface area (Å²) in [6, 6.07) is 0. The Morgan fingerprint density at radius 1 is 1.20 bits per heavy atom. The number of alkyl halides is 3. The molecule has 0 aromatic carbocycles. The average Bonchev–Trinajstić information content (AvgIpc) is 2.61. The summed E-state index contributed by atoms with van der Waals surface area (Å²) >= 11 is 0. The molecular formula is C9H16F3NO2. The van der Waals surface area contributed by atoms with Crippen LogP contribution in [0.5, 0.6) is 0 Å². The van der Waals surface area contributed by atoms with Crippen molar-refractivity contribution in [3.05, 3.63) is 0 Å². The summed E-state index contributed by atoms with van der Waals surface area (Å²) in [7, 11) is 0. The second kappa shape index (κ2) is 6.30. The first kappa shape index (κ1) is 12.7. The van der Waals surface area contributed by atoms with Crippen molar-refractivity contribution in [3.63, 3.8) is 0 Å². The van der Waals surface area contributed by atoms with Crippen molar-refractivity contribution in [2.24, 2.45) is 5.92 Å². The molecule has 0 aromatic heterocycles. The van der Waals surface area contributed by atoms with Gasteiger partial charge in [0.1, 0.15) is 6.61 Å². The van der Waals surface area contributed by atoms with Crippen LogP contribution in [0.25, 0.3) is 0 Å². The molecule has 1 atom stereocenters. The van der Waals surface area contributed by atoms with Gasteiger partial charge in [0, 0.05) is 6.54 Å². The van der Waals surface area contributed by atoms with Gasteiger partial charge in [-0.1, -0.05) is 0 Å². The van der Waals surface area contributed by atoms with Crippen LogP contribution in [0.3, 0.4) is 0 Å². The Labute approximate surface area is 86.9 Å². The van der Waals surface area contributed by atoms with E-state index in [1.165, 1.54) is 0 Å². The van der Waals surface area contributed by atoms with Crippen molar-refractivity contribution < 1.29 is 22.6 Å². The van der Waals surface area contributed by atoms with Gasteiger partial charge < -0.3 is 14.8 Å². The highest BCUT2D eigenvalue weighted by Gasteiger charge is 2.27. The summed E-state index contributed by atoms with van der Waals surface area (Å²) in [5.41, 5.74) is 0. The number of hydrogen-bond donors (Lipinski definition) is 1. The van der Waals surface area contributed by atoms with Crippen LogP contribution in [0.1, 0.15) is 6.42 Å². The first-order valence-electron chi connectivity index (χ1n) is 5.01. The molecule has 3 nitrogen and oxygen atoms in total. The zero-order chi connectivity index (χ0) is 11.1. The predicted octanol–water partition coefficient (Wildman–Crippen LogP) is 1.19. The lowest BCUT2D eigenvalue weighted by atomic mass is 10.1. The smallest absolute Gasteiger partial charge is 0.379 e. The molecule has 6 heteroatoms. The zero-order valence-electron chi connectivity index (χ0n) is 8.48. The molecular weight excluding hydrogens is 211 g/mol. The Morgan fingerprint density at radius 2 is 1.93 bits per heavy atom. The van der Waals surface area contributed by atoms with Crippen molar-refractivity contribution in [2.45, 2.75) is 12.6 Å². The van der Waals surface area contributed by atoms with E-state index in [-0.39, 0.29) is 13.2 Å². The molecule has 0 bridgehead atoms. The van der Waals surface area contributed by atoms with Gasteiger partial charge in [-0.3, -0.25) is 0 Å². The highest BCUT2D eigenvalue weighted by molar-refractivity contribution is 4.70. The number of nitrogens with one attached hydrogen (secondary N) is 1. The van der Waals surface area contributed by atoms with Crippen LogP contribution in [0.2, 0.25) is 0 Å². The van der Waals surface area contributed by atoms with E-state index in [0.717, 1.165) is 19.5 Å². The average molecular weight is 227 g/mol. The van der Waals surface area contributed by atoms with Gasteiger partial charge >= 0.3 is 6.18 Å². The van der Waals surface area contributed by atoms with Crippen molar-refractivity contribution in [1.29, 1.82) is 0 Å². The molecule has 1 aliphatic rings. The number of halogens is 3. The Kier molecular flexibility index (Phi) is 5.35. The van der Waals surface area contributed by atoms with Crippen molar-refractivity contribution >= 4 is 0 Å². The fourth-order valence-corrected chi connectivity index (χ4v) is 1.41. The van der Waals surface area contributed by atoms with Crippen molar-refractivity contribution in [2.75, 3.05) is 39.5 Å². The molecule has 90 valence electrons. The van der Waals surface area contributed by atoms with Crippen molar-refractivity contribution in [3.8, 4) is 0 Å². The fraction of sp³-hybridized carbons (Fsp3) is 1.00. The van der Waals surface area contributed by atoms with Gasteiger partial charge in [-0.05, 0) is 18.9 Å². The maximum atomic E-state index is 11.6. The van der Waals surface area contributed by atoms with E-state index >= 15 is 0 Å². The maximum Gasteiger partial charge on any atom is 0.411 e. The molecule has 1 fully saturated rings. The Bertz CT molecular complexity index is 169. The molecule has 0 saturated carbocycles. The second-order valence-corrected chi connectivity index (χ2v) is 3.60. The van der Waals surface area contributed by atoms with Crippen LogP contribution in [0.15, 0.2) is 0 Å². The summed E-state index contributed by atoms with van der Waals surface area (Å²) in [4.78, 5) is 0. The first-order chi connectivity index (χ1) is 7.08. The quantitative estimate of drug-likeness (QED) is 0.691. The predicted molar refractivity (Wildman–Crippen MR) is 48.7 cm³/mol. The standard InChI is InChI=1S/C9H16F3NO2/c10-9(11,12)7-15-4-3-14-6-8-1-2-13-5-8/h8,13H,1-7H2. The van der Waals surface area contributed by atoms with E-state index < -0.39 is 12.8 Å². The lowest BCUT2D eigenvalue weighted by Gasteiger charge is -2.10. The van der Waals surface area contributed by atoms with Gasteiger partial charge in [0.15, 0.2) is 0 Å². The van der Waals surface area contributed by atoms with Crippen LogP contribution in [0.4, 0.5) is 13.2 Å². The topological polar surface area (TPSA) is 30.5 Å². The third kappa shape index (κ3) is 6.70. The largest absolute Gasteiger partial charge is 0.411 e. The maximum absolute atomic E-state index is 11.6. The molecule has 1 saturated heterocycles. The molecule has 0 aromatic rings. The third-order valence-electron chi connectivity index (χ3n) is 2.15. The molecule has 1 heterocycles. The van der Waals surface area contributed by atoms with Crippen LogP contribution < -0.4 is 5.32 Å². The molecule has 0 spiro atoms. The van der Waals surface area contributed by atoms with Gasteiger partial charge in [0.25, 0.3) is 0 Å². The van der Waals surface area contributed by atoms with E-state index in [2.05, 4.69) is 10.1 Å². The van der Waals surface area contributed by atoms with E-state index in [1.54, 1.807) is 0 Å². The van der Waals surface area contributed by atoms with Gasteiger partial charge in [-0.25, -0.2) is 0 Å². The summed E-state index contributed by atoms with van der Waals surface area (Å²) in [5, 5.41) is 3.18. The molecule has 1 aliphatic heterocycles. The summed E-state index contributed by atoms with van der Waals surface area (Å²) in [6.07, 6.45) is -3.17. The lowest BCUT2D eigenvalue weighted by molar-refractivity contribution is -0.176. The lowest BCUT2D eigenvalue weighted by Crippen LogP contribution is -2.20. The van der Waals surface area contributed by atoms with Gasteiger partial charge in [0.2, 0.25) is 0 Å². The van der Waals surface area contributed by atoms with Crippen LogP contribution in [-0.4, -0.2) is 45.7 Å². The number of ether oxygens (including phenoxy) is 2. The third-order valence-corrected chi connectivity index (χ3v) is 2.15. The minimum Gasteiger partial charge on any atom is -0.379 e. The van der Waals surface area contributed by atoms with E-state index in [4.69, 9.17) is 4.74 Å². The highest BCUT2D eigenvalue weighted by Crippen LogP contribution is 2.14. The van der Waals surface area contributed by atoms with Gasteiger partial charge in [-0.15, -0.1) is 0 Å². The highest BCUT2D eigenvalue weighted by atomic mass is 19.4. The normalized spacial score (nSPS) is 22.2. The molecule has 1 rings (SSSR count). The molecule has 15 heavy (non-hydrogen) atoms. The summed E-state index contributed by atoms with van der Waals surface area (Å²) in [5.74, 6) is 0.493. The van der Waals surface area contributed by atoms with E-state index in [0.29, 0.717) is 12.5 Å². The number of rotatable bonds is 6. The van der Waals surface area contributed by atoms with Crippen LogP contribution >= 0.6 is 0 Å². The molecule has 1 unspecified atom stereocenters. The van der Waals surface area contributed by atoms with Gasteiger partial charge in [0.05, 0.1) is 19.8 Å². The Morgan fingerprint density at radius 3 is 2.53 bits per heavy atom. The Balaban J connectivity index is 1.84. The monoisotopic (exact) mass is 227 g/mol. The fourth-order valence-electron chi connectivity index (χ4n) is 1.41. The SMILES string of the molecule is FC(F)(F)COCCOCC1CCNC1.